The lowest BCUT2D eigenvalue weighted by atomic mass is 10.2. The molecule has 0 aromatic heterocycles. The molecule has 0 unspecified atom stereocenters. The van der Waals surface area contributed by atoms with Gasteiger partial charge in [0.2, 0.25) is 0 Å². The second kappa shape index (κ2) is 6.95. The zero-order valence-electron chi connectivity index (χ0n) is 11.0. The van der Waals surface area contributed by atoms with Gasteiger partial charge in [-0.2, -0.15) is 0 Å². The predicted molar refractivity (Wildman–Crippen MR) is 72.8 cm³/mol. The average molecular weight is 261 g/mol. The summed E-state index contributed by atoms with van der Waals surface area (Å²) in [6.07, 6.45) is 2.40. The first-order valence-electron chi connectivity index (χ1n) is 6.47. The molecule has 1 aliphatic rings. The van der Waals surface area contributed by atoms with Crippen molar-refractivity contribution < 1.29 is 14.3 Å². The lowest BCUT2D eigenvalue weighted by Crippen LogP contribution is -2.30. The van der Waals surface area contributed by atoms with Crippen LogP contribution in [0.25, 0.3) is 0 Å². The molecule has 102 valence electrons. The Bertz CT molecular complexity index is 419. The molecule has 2 rings (SSSR count). The topological polar surface area (TPSA) is 38.8 Å². The second-order valence-electron chi connectivity index (χ2n) is 4.52. The van der Waals surface area contributed by atoms with Crippen LogP contribution in [-0.4, -0.2) is 36.8 Å². The third-order valence-electron chi connectivity index (χ3n) is 3.06. The van der Waals surface area contributed by atoms with E-state index in [0.29, 0.717) is 26.3 Å². The van der Waals surface area contributed by atoms with Gasteiger partial charge in [0.15, 0.2) is 0 Å². The first-order valence-corrected chi connectivity index (χ1v) is 6.47. The summed E-state index contributed by atoms with van der Waals surface area (Å²) in [4.78, 5) is 13.6. The molecule has 1 atom stereocenters. The highest BCUT2D eigenvalue weighted by Crippen LogP contribution is 2.14. The van der Waals surface area contributed by atoms with Crippen molar-refractivity contribution in [2.75, 3.05) is 19.7 Å². The van der Waals surface area contributed by atoms with Gasteiger partial charge in [-0.1, -0.05) is 36.4 Å². The fourth-order valence-electron chi connectivity index (χ4n) is 2.04. The largest absolute Gasteiger partial charge is 0.445 e. The summed E-state index contributed by atoms with van der Waals surface area (Å²) in [6.45, 7) is 5.74. The highest BCUT2D eigenvalue weighted by molar-refractivity contribution is 5.68. The van der Waals surface area contributed by atoms with E-state index in [1.54, 1.807) is 11.0 Å². The number of ether oxygens (including phenoxy) is 2. The number of rotatable bonds is 5. The smallest absolute Gasteiger partial charge is 0.410 e. The van der Waals surface area contributed by atoms with Gasteiger partial charge in [0.1, 0.15) is 6.61 Å². The number of nitrogens with zero attached hydrogens (tertiary/aromatic N) is 1. The molecule has 4 nitrogen and oxygen atoms in total. The van der Waals surface area contributed by atoms with Gasteiger partial charge in [-0.15, -0.1) is 6.58 Å². The molecule has 1 aromatic rings. The number of benzene rings is 1. The summed E-state index contributed by atoms with van der Waals surface area (Å²) in [7, 11) is 0. The maximum absolute atomic E-state index is 11.9. The molecule has 0 radical (unpaired) electrons. The lowest BCUT2D eigenvalue weighted by molar-refractivity contribution is 0.0699. The Morgan fingerprint density at radius 2 is 2.21 bits per heavy atom. The van der Waals surface area contributed by atoms with Gasteiger partial charge < -0.3 is 14.4 Å². The molecule has 1 aliphatic heterocycles. The molecule has 1 heterocycles. The Kier molecular flexibility index (Phi) is 4.98. The second-order valence-corrected chi connectivity index (χ2v) is 4.52. The molecular weight excluding hydrogens is 242 g/mol. The zero-order chi connectivity index (χ0) is 13.5. The quantitative estimate of drug-likeness (QED) is 0.765. The Labute approximate surface area is 113 Å². The lowest BCUT2D eigenvalue weighted by Gasteiger charge is -2.16. The van der Waals surface area contributed by atoms with Crippen molar-refractivity contribution in [1.82, 2.24) is 4.90 Å². The summed E-state index contributed by atoms with van der Waals surface area (Å²) in [6, 6.07) is 9.67. The van der Waals surface area contributed by atoms with E-state index in [9.17, 15) is 4.79 Å². The van der Waals surface area contributed by atoms with Gasteiger partial charge in [-0.05, 0) is 12.0 Å². The molecule has 0 saturated carbocycles. The van der Waals surface area contributed by atoms with Crippen molar-refractivity contribution in [3.8, 4) is 0 Å². The van der Waals surface area contributed by atoms with Crippen LogP contribution in [0.5, 0.6) is 0 Å². The minimum Gasteiger partial charge on any atom is -0.445 e. The molecule has 0 bridgehead atoms. The summed E-state index contributed by atoms with van der Waals surface area (Å²) >= 11 is 0. The average Bonchev–Trinajstić information content (AvgIpc) is 2.92. The van der Waals surface area contributed by atoms with Gasteiger partial charge in [0, 0.05) is 6.54 Å². The van der Waals surface area contributed by atoms with Crippen LogP contribution in [0, 0.1) is 0 Å². The maximum atomic E-state index is 11.9. The van der Waals surface area contributed by atoms with Gasteiger partial charge in [-0.3, -0.25) is 0 Å². The van der Waals surface area contributed by atoms with Crippen LogP contribution in [0.15, 0.2) is 43.0 Å². The van der Waals surface area contributed by atoms with E-state index < -0.39 is 0 Å². The molecule has 1 amide bonds. The third-order valence-corrected chi connectivity index (χ3v) is 3.06. The van der Waals surface area contributed by atoms with Crippen LogP contribution in [0.1, 0.15) is 12.0 Å². The van der Waals surface area contributed by atoms with Crippen molar-refractivity contribution >= 4 is 6.09 Å². The Morgan fingerprint density at radius 3 is 2.95 bits per heavy atom. The van der Waals surface area contributed by atoms with Gasteiger partial charge >= 0.3 is 6.09 Å². The minimum absolute atomic E-state index is 0.0993. The SMILES string of the molecule is C=CCO[C@H]1CCN(C(=O)OCc2ccccc2)C1. The van der Waals surface area contributed by atoms with E-state index in [-0.39, 0.29) is 12.2 Å². The molecule has 0 aliphatic carbocycles. The minimum atomic E-state index is -0.270. The van der Waals surface area contributed by atoms with Gasteiger partial charge in [0.25, 0.3) is 0 Å². The number of likely N-dealkylation sites (tertiary alicyclic amines) is 1. The zero-order valence-corrected chi connectivity index (χ0v) is 11.0. The normalized spacial score (nSPS) is 18.3. The van der Waals surface area contributed by atoms with Crippen LogP contribution < -0.4 is 0 Å². The van der Waals surface area contributed by atoms with Crippen LogP contribution in [-0.2, 0) is 16.1 Å². The molecule has 0 spiro atoms. The molecular formula is C15H19NO3. The fraction of sp³-hybridized carbons (Fsp3) is 0.400. The fourth-order valence-corrected chi connectivity index (χ4v) is 2.04. The van der Waals surface area contributed by atoms with Crippen molar-refractivity contribution in [1.29, 1.82) is 0 Å². The Hall–Kier alpha value is -1.81. The van der Waals surface area contributed by atoms with Crippen molar-refractivity contribution in [3.63, 3.8) is 0 Å². The van der Waals surface area contributed by atoms with Crippen molar-refractivity contribution in [3.05, 3.63) is 48.6 Å². The highest BCUT2D eigenvalue weighted by Gasteiger charge is 2.27. The monoisotopic (exact) mass is 261 g/mol. The van der Waals surface area contributed by atoms with Crippen molar-refractivity contribution in [2.45, 2.75) is 19.1 Å². The van der Waals surface area contributed by atoms with Crippen molar-refractivity contribution in [2.24, 2.45) is 0 Å². The van der Waals surface area contributed by atoms with Gasteiger partial charge in [0.05, 0.1) is 19.3 Å². The van der Waals surface area contributed by atoms with E-state index in [1.165, 1.54) is 0 Å². The Morgan fingerprint density at radius 1 is 1.42 bits per heavy atom. The molecule has 4 heteroatoms. The first kappa shape index (κ1) is 13.6. The molecule has 1 fully saturated rings. The van der Waals surface area contributed by atoms with Gasteiger partial charge in [-0.25, -0.2) is 4.79 Å². The standard InChI is InChI=1S/C15H19NO3/c1-2-10-18-14-8-9-16(11-14)15(17)19-12-13-6-4-3-5-7-13/h2-7,14H,1,8-12H2/t14-/m0/s1. The highest BCUT2D eigenvalue weighted by atomic mass is 16.6. The van der Waals surface area contributed by atoms with Crippen LogP contribution in [0.3, 0.4) is 0 Å². The van der Waals surface area contributed by atoms with E-state index in [1.807, 2.05) is 30.3 Å². The van der Waals surface area contributed by atoms with E-state index >= 15 is 0 Å². The van der Waals surface area contributed by atoms with Crippen LogP contribution in [0.4, 0.5) is 4.79 Å². The third kappa shape index (κ3) is 4.10. The Balaban J connectivity index is 1.74. The summed E-state index contributed by atoms with van der Waals surface area (Å²) in [5.41, 5.74) is 0.995. The molecule has 19 heavy (non-hydrogen) atoms. The summed E-state index contributed by atoms with van der Waals surface area (Å²) in [5, 5.41) is 0. The van der Waals surface area contributed by atoms with Crippen LogP contribution >= 0.6 is 0 Å². The van der Waals surface area contributed by atoms with Crippen LogP contribution in [0.2, 0.25) is 0 Å². The van der Waals surface area contributed by atoms with E-state index in [4.69, 9.17) is 9.47 Å². The number of hydrogen-bond acceptors (Lipinski definition) is 3. The van der Waals surface area contributed by atoms with E-state index in [0.717, 1.165) is 12.0 Å². The molecule has 1 saturated heterocycles. The first-order chi connectivity index (χ1) is 9.29. The number of carbonyl (C=O) groups is 1. The number of amides is 1. The van der Waals surface area contributed by atoms with E-state index in [2.05, 4.69) is 6.58 Å². The summed E-state index contributed by atoms with van der Waals surface area (Å²) < 4.78 is 10.8. The molecule has 1 aromatic carbocycles. The number of carbonyl (C=O) groups excluding carboxylic acids is 1. The maximum Gasteiger partial charge on any atom is 0.410 e. The molecule has 0 N–H and O–H groups in total. The summed E-state index contributed by atoms with van der Waals surface area (Å²) in [5.74, 6) is 0. The number of hydrogen-bond donors (Lipinski definition) is 0. The predicted octanol–water partition coefficient (Wildman–Crippen LogP) is 2.60.